The molecule has 3 heterocycles. The largest absolute Gasteiger partial charge is 0.380 e. The number of fused-ring (bicyclic) bond motifs is 4. The van der Waals surface area contributed by atoms with Crippen molar-refractivity contribution in [1.82, 2.24) is 14.8 Å². The molecular formula is C23H35N3O3. The number of hydrogen-bond acceptors (Lipinski definition) is 4. The van der Waals surface area contributed by atoms with Gasteiger partial charge in [0.1, 0.15) is 0 Å². The molecule has 1 amide bonds. The van der Waals surface area contributed by atoms with Gasteiger partial charge in [-0.1, -0.05) is 17.7 Å². The Kier molecular flexibility index (Phi) is 7.67. The highest BCUT2D eigenvalue weighted by Crippen LogP contribution is 2.40. The quantitative estimate of drug-likeness (QED) is 0.510. The molecule has 1 N–H and O–H groups in total. The molecule has 2 aliphatic rings. The van der Waals surface area contributed by atoms with Gasteiger partial charge in [0.2, 0.25) is 5.91 Å². The van der Waals surface area contributed by atoms with Crippen LogP contribution in [0, 0.1) is 5.92 Å². The van der Waals surface area contributed by atoms with Crippen molar-refractivity contribution in [2.75, 3.05) is 39.4 Å². The molecule has 0 unspecified atom stereocenters. The molecule has 0 spiro atoms. The molecule has 0 aliphatic carbocycles. The van der Waals surface area contributed by atoms with E-state index in [0.717, 1.165) is 51.4 Å². The average molecular weight is 402 g/mol. The lowest BCUT2D eigenvalue weighted by molar-refractivity contribution is -0.121. The molecule has 0 saturated carbocycles. The van der Waals surface area contributed by atoms with Gasteiger partial charge in [-0.3, -0.25) is 9.59 Å². The zero-order chi connectivity index (χ0) is 20.8. The number of nitrogens with zero attached hydrogens (tertiary/aromatic N) is 2. The van der Waals surface area contributed by atoms with Gasteiger partial charge in [-0.25, -0.2) is 0 Å². The minimum absolute atomic E-state index is 0.0113. The lowest BCUT2D eigenvalue weighted by Gasteiger charge is -2.47. The van der Waals surface area contributed by atoms with E-state index in [1.165, 1.54) is 5.57 Å². The van der Waals surface area contributed by atoms with E-state index in [-0.39, 0.29) is 17.5 Å². The molecule has 29 heavy (non-hydrogen) atoms. The Morgan fingerprint density at radius 1 is 1.31 bits per heavy atom. The van der Waals surface area contributed by atoms with Crippen LogP contribution in [-0.4, -0.2) is 54.8 Å². The van der Waals surface area contributed by atoms with Crippen molar-refractivity contribution in [3.63, 3.8) is 0 Å². The third-order valence-electron chi connectivity index (χ3n) is 6.06. The predicted octanol–water partition coefficient (Wildman–Crippen LogP) is 2.71. The summed E-state index contributed by atoms with van der Waals surface area (Å²) in [7, 11) is 0. The third kappa shape index (κ3) is 5.58. The molecule has 1 aromatic rings. The molecular weight excluding hydrogens is 366 g/mol. The van der Waals surface area contributed by atoms with Crippen molar-refractivity contribution < 1.29 is 9.53 Å². The van der Waals surface area contributed by atoms with Gasteiger partial charge >= 0.3 is 0 Å². The van der Waals surface area contributed by atoms with Gasteiger partial charge in [-0.2, -0.15) is 0 Å². The number of carbonyl (C=O) groups is 1. The minimum Gasteiger partial charge on any atom is -0.380 e. The maximum atomic E-state index is 12.7. The van der Waals surface area contributed by atoms with Crippen LogP contribution >= 0.6 is 0 Å². The van der Waals surface area contributed by atoms with E-state index in [4.69, 9.17) is 4.74 Å². The van der Waals surface area contributed by atoms with Crippen molar-refractivity contribution in [3.05, 3.63) is 45.9 Å². The van der Waals surface area contributed by atoms with E-state index in [2.05, 4.69) is 22.4 Å². The Hall–Kier alpha value is -1.92. The molecule has 2 aliphatic heterocycles. The van der Waals surface area contributed by atoms with Gasteiger partial charge in [0.05, 0.1) is 12.6 Å². The second kappa shape index (κ2) is 10.2. The minimum atomic E-state index is 0.0113. The molecule has 3 rings (SSSR count). The number of amides is 1. The Balaban J connectivity index is 1.71. The van der Waals surface area contributed by atoms with E-state index in [1.807, 2.05) is 31.4 Å². The number of allylic oxidation sites excluding steroid dienone is 2. The zero-order valence-corrected chi connectivity index (χ0v) is 18.0. The van der Waals surface area contributed by atoms with Gasteiger partial charge in [0.15, 0.2) is 0 Å². The van der Waals surface area contributed by atoms with Crippen LogP contribution in [0.5, 0.6) is 0 Å². The summed E-state index contributed by atoms with van der Waals surface area (Å²) < 4.78 is 7.50. The van der Waals surface area contributed by atoms with Crippen LogP contribution in [0.25, 0.3) is 0 Å². The number of ether oxygens (including phenoxy) is 1. The van der Waals surface area contributed by atoms with Crippen molar-refractivity contribution in [2.24, 2.45) is 5.92 Å². The van der Waals surface area contributed by atoms with Crippen molar-refractivity contribution >= 4 is 5.91 Å². The average Bonchev–Trinajstić information content (AvgIpc) is 2.68. The highest BCUT2D eigenvalue weighted by molar-refractivity contribution is 5.76. The fraction of sp³-hybridized carbons (Fsp3) is 0.652. The lowest BCUT2D eigenvalue weighted by atomic mass is 9.78. The number of pyridine rings is 1. The number of aromatic nitrogens is 1. The van der Waals surface area contributed by atoms with Crippen molar-refractivity contribution in [3.8, 4) is 0 Å². The number of piperidine rings is 1. The molecule has 3 atom stereocenters. The van der Waals surface area contributed by atoms with Gasteiger partial charge < -0.3 is 19.5 Å². The number of nitrogens with one attached hydrogen (secondary N) is 1. The first-order valence-electron chi connectivity index (χ1n) is 10.9. The lowest BCUT2D eigenvalue weighted by Crippen LogP contribution is -2.52. The summed E-state index contributed by atoms with van der Waals surface area (Å²) >= 11 is 0. The zero-order valence-electron chi connectivity index (χ0n) is 18.0. The van der Waals surface area contributed by atoms with Crippen molar-refractivity contribution in [2.45, 2.75) is 52.0 Å². The first kappa shape index (κ1) is 21.8. The smallest absolute Gasteiger partial charge is 0.251 e. The number of carbonyl (C=O) groups excluding carboxylic acids is 1. The standard InChI is InChI=1S/C23H35N3O3/c1-4-29-12-11-25-15-18-13-19(16-25)21(26-20(18)8-6-10-23(26)28)14-24-22(27)9-5-7-17(2)3/h6-8,10,18-19,21H,4-5,9,11-16H2,1-3H3,(H,24,27)/t18-,19+,21+/m1/s1. The number of rotatable bonds is 9. The highest BCUT2D eigenvalue weighted by Gasteiger charge is 2.40. The molecule has 0 aromatic carbocycles. The fourth-order valence-electron chi connectivity index (χ4n) is 4.72. The third-order valence-corrected chi connectivity index (χ3v) is 6.06. The van der Waals surface area contributed by atoms with E-state index in [9.17, 15) is 9.59 Å². The molecule has 1 aromatic heterocycles. The first-order chi connectivity index (χ1) is 14.0. The Bertz CT molecular complexity index is 782. The van der Waals surface area contributed by atoms with Crippen LogP contribution in [0.3, 0.4) is 0 Å². The van der Waals surface area contributed by atoms with E-state index >= 15 is 0 Å². The summed E-state index contributed by atoms with van der Waals surface area (Å²) in [6, 6.07) is 5.60. The van der Waals surface area contributed by atoms with E-state index < -0.39 is 0 Å². The molecule has 0 radical (unpaired) electrons. The van der Waals surface area contributed by atoms with E-state index in [0.29, 0.717) is 24.8 Å². The number of hydrogen-bond donors (Lipinski definition) is 1. The normalized spacial score (nSPS) is 23.3. The summed E-state index contributed by atoms with van der Waals surface area (Å²) in [6.45, 7) is 10.9. The summed E-state index contributed by atoms with van der Waals surface area (Å²) in [6.07, 6.45) is 4.41. The Morgan fingerprint density at radius 2 is 2.14 bits per heavy atom. The molecule has 160 valence electrons. The summed E-state index contributed by atoms with van der Waals surface area (Å²) in [4.78, 5) is 27.5. The van der Waals surface area contributed by atoms with Gasteiger partial charge in [0.25, 0.3) is 5.56 Å². The Labute approximate surface area is 173 Å². The number of likely N-dealkylation sites (tertiary alicyclic amines) is 1. The van der Waals surface area contributed by atoms with Gasteiger partial charge in [-0.15, -0.1) is 0 Å². The fourth-order valence-corrected chi connectivity index (χ4v) is 4.72. The summed E-state index contributed by atoms with van der Waals surface area (Å²) in [5.74, 6) is 0.786. The second-order valence-electron chi connectivity index (χ2n) is 8.50. The maximum Gasteiger partial charge on any atom is 0.251 e. The van der Waals surface area contributed by atoms with Crippen LogP contribution in [0.1, 0.15) is 57.7 Å². The van der Waals surface area contributed by atoms with Gasteiger partial charge in [0, 0.05) is 56.9 Å². The van der Waals surface area contributed by atoms with Crippen LogP contribution in [0.2, 0.25) is 0 Å². The van der Waals surface area contributed by atoms with Crippen LogP contribution in [-0.2, 0) is 9.53 Å². The second-order valence-corrected chi connectivity index (χ2v) is 8.50. The summed E-state index contributed by atoms with van der Waals surface area (Å²) in [5.41, 5.74) is 2.38. The maximum absolute atomic E-state index is 12.7. The topological polar surface area (TPSA) is 63.6 Å². The van der Waals surface area contributed by atoms with Crippen LogP contribution < -0.4 is 10.9 Å². The monoisotopic (exact) mass is 401 g/mol. The SMILES string of the molecule is CCOCCN1C[C@H]2C[C@@H](C1)[C@H](CNC(=O)CCC=C(C)C)n1c2cccc1=O. The summed E-state index contributed by atoms with van der Waals surface area (Å²) in [5, 5.41) is 3.09. The molecule has 6 heteroatoms. The predicted molar refractivity (Wildman–Crippen MR) is 115 cm³/mol. The molecule has 2 bridgehead atoms. The highest BCUT2D eigenvalue weighted by atomic mass is 16.5. The van der Waals surface area contributed by atoms with Crippen LogP contribution in [0.4, 0.5) is 0 Å². The molecule has 6 nitrogen and oxygen atoms in total. The van der Waals surface area contributed by atoms with E-state index in [1.54, 1.807) is 6.07 Å². The van der Waals surface area contributed by atoms with Gasteiger partial charge in [-0.05, 0) is 45.6 Å². The first-order valence-corrected chi connectivity index (χ1v) is 10.9. The Morgan fingerprint density at radius 3 is 2.90 bits per heavy atom. The molecule has 1 fully saturated rings. The van der Waals surface area contributed by atoms with Crippen molar-refractivity contribution in [1.29, 1.82) is 0 Å². The van der Waals surface area contributed by atoms with Crippen LogP contribution in [0.15, 0.2) is 34.6 Å². The molecule has 1 saturated heterocycles.